The van der Waals surface area contributed by atoms with Crippen LogP contribution in [0.3, 0.4) is 0 Å². The zero-order chi connectivity index (χ0) is 16.3. The van der Waals surface area contributed by atoms with E-state index in [1.54, 1.807) is 0 Å². The molecule has 0 bridgehead atoms. The topological polar surface area (TPSA) is 70.6 Å². The van der Waals surface area contributed by atoms with Crippen LogP contribution in [0.2, 0.25) is 0 Å². The Kier molecular flexibility index (Phi) is 4.92. The van der Waals surface area contributed by atoms with Crippen molar-refractivity contribution in [1.82, 2.24) is 0 Å². The molecule has 0 heterocycles. The second kappa shape index (κ2) is 6.10. The zero-order valence-electron chi connectivity index (χ0n) is 10.3. The maximum absolute atomic E-state index is 12.7. The summed E-state index contributed by atoms with van der Waals surface area (Å²) in [6.07, 6.45) is -9.58. The lowest BCUT2D eigenvalue weighted by Gasteiger charge is -2.21. The molecular formula is C11H11F6N3O. The van der Waals surface area contributed by atoms with E-state index in [0.717, 1.165) is 18.2 Å². The van der Waals surface area contributed by atoms with E-state index < -0.39 is 41.9 Å². The molecule has 0 radical (unpaired) electrons. The number of nitrogens with two attached hydrogens (primary N) is 1. The van der Waals surface area contributed by atoms with Gasteiger partial charge in [-0.15, -0.1) is 0 Å². The highest BCUT2D eigenvalue weighted by Gasteiger charge is 2.43. The van der Waals surface area contributed by atoms with Crippen LogP contribution in [-0.4, -0.2) is 23.8 Å². The van der Waals surface area contributed by atoms with Crippen molar-refractivity contribution < 1.29 is 31.5 Å². The summed E-state index contributed by atoms with van der Waals surface area (Å²) < 4.78 is 76.0. The average molecular weight is 315 g/mol. The largest absolute Gasteiger partial charge is 0.418 e. The number of anilines is 1. The molecule has 0 aliphatic carbocycles. The Hall–Kier alpha value is -2.13. The number of benzene rings is 1. The molecule has 0 saturated heterocycles. The van der Waals surface area contributed by atoms with Gasteiger partial charge in [0.2, 0.25) is 0 Å². The molecule has 0 amide bonds. The Morgan fingerprint density at radius 1 is 1.19 bits per heavy atom. The third-order valence-electron chi connectivity index (χ3n) is 2.60. The van der Waals surface area contributed by atoms with E-state index in [2.05, 4.69) is 5.16 Å². The van der Waals surface area contributed by atoms with Crippen LogP contribution in [0.15, 0.2) is 29.4 Å². The van der Waals surface area contributed by atoms with Crippen molar-refractivity contribution in [3.63, 3.8) is 0 Å². The van der Waals surface area contributed by atoms with Crippen molar-refractivity contribution in [3.8, 4) is 0 Å². The third-order valence-corrected chi connectivity index (χ3v) is 2.60. The van der Waals surface area contributed by atoms with Crippen LogP contribution < -0.4 is 11.1 Å². The summed E-state index contributed by atoms with van der Waals surface area (Å²) in [5.41, 5.74) is 3.28. The highest BCUT2D eigenvalue weighted by atomic mass is 19.4. The van der Waals surface area contributed by atoms with Crippen molar-refractivity contribution in [2.24, 2.45) is 16.8 Å². The summed E-state index contributed by atoms with van der Waals surface area (Å²) >= 11 is 0. The molecule has 118 valence electrons. The SMILES string of the molecule is N/C(=N/O)C(CNc1ccccc1C(F)(F)F)C(F)(F)F. The second-order valence-corrected chi connectivity index (χ2v) is 4.04. The minimum Gasteiger partial charge on any atom is -0.409 e. The number of amidine groups is 1. The van der Waals surface area contributed by atoms with Crippen molar-refractivity contribution in [3.05, 3.63) is 29.8 Å². The maximum Gasteiger partial charge on any atom is 0.418 e. The number of nitrogens with zero attached hydrogens (tertiary/aromatic N) is 1. The van der Waals surface area contributed by atoms with Gasteiger partial charge in [0.25, 0.3) is 0 Å². The molecule has 1 unspecified atom stereocenters. The van der Waals surface area contributed by atoms with Crippen LogP contribution in [0, 0.1) is 5.92 Å². The Morgan fingerprint density at radius 2 is 1.76 bits per heavy atom. The lowest BCUT2D eigenvalue weighted by molar-refractivity contribution is -0.152. The summed E-state index contributed by atoms with van der Waals surface area (Å²) in [6.45, 7) is -0.994. The lowest BCUT2D eigenvalue weighted by atomic mass is 10.1. The standard InChI is InChI=1S/C11H11F6N3O/c12-10(13,14)6-3-1-2-4-8(6)19-5-7(9(18)20-21)11(15,16)17/h1-4,7,19,21H,5H2,(H2,18,20). The Morgan fingerprint density at radius 3 is 2.24 bits per heavy atom. The molecule has 10 heteroatoms. The first-order chi connectivity index (χ1) is 9.57. The molecule has 0 fully saturated rings. The predicted molar refractivity (Wildman–Crippen MR) is 62.9 cm³/mol. The zero-order valence-corrected chi connectivity index (χ0v) is 10.3. The number of alkyl halides is 6. The van der Waals surface area contributed by atoms with E-state index in [-0.39, 0.29) is 0 Å². The van der Waals surface area contributed by atoms with Crippen molar-refractivity contribution in [2.75, 3.05) is 11.9 Å². The highest BCUT2D eigenvalue weighted by molar-refractivity contribution is 5.83. The minimum atomic E-state index is -4.86. The van der Waals surface area contributed by atoms with Gasteiger partial charge in [0.1, 0.15) is 5.92 Å². The van der Waals surface area contributed by atoms with Crippen molar-refractivity contribution in [2.45, 2.75) is 12.4 Å². The molecular weight excluding hydrogens is 304 g/mol. The molecule has 1 aromatic carbocycles. The van der Waals surface area contributed by atoms with Gasteiger partial charge >= 0.3 is 12.4 Å². The summed E-state index contributed by atoms with van der Waals surface area (Å²) in [5.74, 6) is -3.55. The molecule has 4 N–H and O–H groups in total. The van der Waals surface area contributed by atoms with Gasteiger partial charge in [0, 0.05) is 12.2 Å². The van der Waals surface area contributed by atoms with Crippen LogP contribution in [0.5, 0.6) is 0 Å². The van der Waals surface area contributed by atoms with Crippen LogP contribution >= 0.6 is 0 Å². The fourth-order valence-corrected chi connectivity index (χ4v) is 1.55. The molecule has 1 atom stereocenters. The summed E-state index contributed by atoms with van der Waals surface area (Å²) in [5, 5.41) is 12.6. The van der Waals surface area contributed by atoms with E-state index in [4.69, 9.17) is 10.9 Å². The third kappa shape index (κ3) is 4.43. The van der Waals surface area contributed by atoms with Crippen LogP contribution in [0.4, 0.5) is 32.0 Å². The van der Waals surface area contributed by atoms with E-state index in [1.807, 2.05) is 5.32 Å². The normalized spacial score (nSPS) is 14.9. The number of hydrogen-bond acceptors (Lipinski definition) is 3. The van der Waals surface area contributed by atoms with Gasteiger partial charge in [-0.1, -0.05) is 17.3 Å². The number of oxime groups is 1. The summed E-state index contributed by atoms with van der Waals surface area (Å²) in [7, 11) is 0. The monoisotopic (exact) mass is 315 g/mol. The molecule has 1 aromatic rings. The first-order valence-corrected chi connectivity index (χ1v) is 5.51. The molecule has 4 nitrogen and oxygen atoms in total. The molecule has 0 aliphatic heterocycles. The second-order valence-electron chi connectivity index (χ2n) is 4.04. The lowest BCUT2D eigenvalue weighted by Crippen LogP contribution is -2.40. The van der Waals surface area contributed by atoms with Crippen molar-refractivity contribution >= 4 is 11.5 Å². The Bertz CT molecular complexity index is 511. The average Bonchev–Trinajstić information content (AvgIpc) is 2.36. The van der Waals surface area contributed by atoms with Crippen LogP contribution in [0.25, 0.3) is 0 Å². The van der Waals surface area contributed by atoms with Crippen LogP contribution in [-0.2, 0) is 6.18 Å². The van der Waals surface area contributed by atoms with Gasteiger partial charge in [-0.2, -0.15) is 26.3 Å². The number of para-hydroxylation sites is 1. The van der Waals surface area contributed by atoms with E-state index in [0.29, 0.717) is 0 Å². The van der Waals surface area contributed by atoms with Crippen LogP contribution in [0.1, 0.15) is 5.56 Å². The molecule has 0 aliphatic rings. The molecule has 21 heavy (non-hydrogen) atoms. The van der Waals surface area contributed by atoms with Gasteiger partial charge in [-0.25, -0.2) is 0 Å². The summed E-state index contributed by atoms with van der Waals surface area (Å²) in [4.78, 5) is 0. The fraction of sp³-hybridized carbons (Fsp3) is 0.364. The molecule has 0 saturated carbocycles. The molecule has 0 aromatic heterocycles. The van der Waals surface area contributed by atoms with Gasteiger partial charge in [-0.3, -0.25) is 0 Å². The van der Waals surface area contributed by atoms with Gasteiger partial charge < -0.3 is 16.3 Å². The number of halogens is 6. The number of hydrogen-bond donors (Lipinski definition) is 3. The van der Waals surface area contributed by atoms with Gasteiger partial charge in [0.15, 0.2) is 5.84 Å². The Labute approximate surface area is 115 Å². The summed E-state index contributed by atoms with van der Waals surface area (Å²) in [6, 6.07) is 4.07. The fourth-order valence-electron chi connectivity index (χ4n) is 1.55. The van der Waals surface area contributed by atoms with Crippen molar-refractivity contribution in [1.29, 1.82) is 0 Å². The van der Waals surface area contributed by atoms with E-state index >= 15 is 0 Å². The smallest absolute Gasteiger partial charge is 0.409 e. The first kappa shape index (κ1) is 16.9. The van der Waals surface area contributed by atoms with Gasteiger partial charge in [0.05, 0.1) is 5.56 Å². The highest BCUT2D eigenvalue weighted by Crippen LogP contribution is 2.35. The van der Waals surface area contributed by atoms with E-state index in [9.17, 15) is 26.3 Å². The van der Waals surface area contributed by atoms with Gasteiger partial charge in [-0.05, 0) is 12.1 Å². The molecule has 0 spiro atoms. The Balaban J connectivity index is 2.97. The maximum atomic E-state index is 12.7. The molecule has 1 rings (SSSR count). The number of nitrogens with one attached hydrogen (secondary N) is 1. The van der Waals surface area contributed by atoms with E-state index in [1.165, 1.54) is 6.07 Å². The first-order valence-electron chi connectivity index (χ1n) is 5.51. The minimum absolute atomic E-state index is 0.523. The predicted octanol–water partition coefficient (Wildman–Crippen LogP) is 3.04. The number of rotatable bonds is 4. The quantitative estimate of drug-likeness (QED) is 0.263.